The molecule has 1 heterocycles. The minimum absolute atomic E-state index is 0.487. The molecule has 3 rings (SSSR count). The van der Waals surface area contributed by atoms with Crippen molar-refractivity contribution in [1.29, 1.82) is 0 Å². The Bertz CT molecular complexity index is 515. The maximum atomic E-state index is 4.17. The van der Waals surface area contributed by atoms with Crippen LogP contribution in [0.2, 0.25) is 0 Å². The van der Waals surface area contributed by atoms with E-state index in [4.69, 9.17) is 0 Å². The number of nitrogens with one attached hydrogen (secondary N) is 1. The average molecular weight is 252 g/mol. The van der Waals surface area contributed by atoms with Crippen LogP contribution in [0.15, 0.2) is 48.8 Å². The number of pyridine rings is 1. The summed E-state index contributed by atoms with van der Waals surface area (Å²) in [6, 6.07) is 13.5. The maximum Gasteiger partial charge on any atom is 0.0351 e. The van der Waals surface area contributed by atoms with Crippen LogP contribution < -0.4 is 5.32 Å². The molecule has 0 amide bonds. The Morgan fingerprint density at radius 3 is 2.63 bits per heavy atom. The first-order chi connectivity index (χ1) is 9.33. The third kappa shape index (κ3) is 3.21. The first-order valence-electron chi connectivity index (χ1n) is 7.02. The molecule has 0 aliphatic heterocycles. The lowest BCUT2D eigenvalue weighted by atomic mass is 10.0. The molecule has 0 radical (unpaired) electrons. The highest BCUT2D eigenvalue weighted by atomic mass is 14.9. The highest BCUT2D eigenvalue weighted by Crippen LogP contribution is 2.41. The number of hydrogen-bond acceptors (Lipinski definition) is 2. The average Bonchev–Trinajstić information content (AvgIpc) is 3.27. The van der Waals surface area contributed by atoms with Crippen molar-refractivity contribution in [2.75, 3.05) is 0 Å². The fourth-order valence-electron chi connectivity index (χ4n) is 2.49. The molecular formula is C17H20N2. The third-order valence-corrected chi connectivity index (χ3v) is 3.78. The van der Waals surface area contributed by atoms with Gasteiger partial charge in [0.1, 0.15) is 0 Å². The molecule has 1 unspecified atom stereocenters. The summed E-state index contributed by atoms with van der Waals surface area (Å²) in [5.41, 5.74) is 3.99. The molecule has 1 fully saturated rings. The Balaban J connectivity index is 1.69. The van der Waals surface area contributed by atoms with E-state index in [-0.39, 0.29) is 0 Å². The standard InChI is InChI=1S/C17H20N2/c1-13-4-6-15(7-5-13)17(16-8-9-16)19-12-14-3-2-10-18-11-14/h2-7,10-11,16-17,19H,8-9,12H2,1H3. The second-order valence-electron chi connectivity index (χ2n) is 5.47. The minimum atomic E-state index is 0.487. The van der Waals surface area contributed by atoms with E-state index in [1.54, 1.807) is 0 Å². The van der Waals surface area contributed by atoms with Crippen molar-refractivity contribution < 1.29 is 0 Å². The molecule has 0 spiro atoms. The van der Waals surface area contributed by atoms with Crippen LogP contribution in [0.25, 0.3) is 0 Å². The van der Waals surface area contributed by atoms with E-state index in [2.05, 4.69) is 47.6 Å². The number of aromatic nitrogens is 1. The van der Waals surface area contributed by atoms with Crippen LogP contribution in [0.3, 0.4) is 0 Å². The first kappa shape index (κ1) is 12.4. The van der Waals surface area contributed by atoms with Crippen LogP contribution >= 0.6 is 0 Å². The van der Waals surface area contributed by atoms with Crippen LogP contribution in [0.1, 0.15) is 35.6 Å². The highest BCUT2D eigenvalue weighted by Gasteiger charge is 2.31. The lowest BCUT2D eigenvalue weighted by molar-refractivity contribution is 0.480. The Morgan fingerprint density at radius 1 is 1.21 bits per heavy atom. The normalized spacial score (nSPS) is 16.3. The molecule has 1 aromatic heterocycles. The number of benzene rings is 1. The molecule has 98 valence electrons. The summed E-state index contributed by atoms with van der Waals surface area (Å²) in [7, 11) is 0. The molecule has 1 N–H and O–H groups in total. The molecule has 1 saturated carbocycles. The van der Waals surface area contributed by atoms with Gasteiger partial charge < -0.3 is 5.32 Å². The number of hydrogen-bond donors (Lipinski definition) is 1. The van der Waals surface area contributed by atoms with E-state index in [0.717, 1.165) is 12.5 Å². The molecule has 19 heavy (non-hydrogen) atoms. The summed E-state index contributed by atoms with van der Waals surface area (Å²) in [5, 5.41) is 3.69. The molecule has 1 aromatic carbocycles. The van der Waals surface area contributed by atoms with Gasteiger partial charge >= 0.3 is 0 Å². The van der Waals surface area contributed by atoms with E-state index < -0.39 is 0 Å². The zero-order chi connectivity index (χ0) is 13.1. The molecule has 1 atom stereocenters. The van der Waals surface area contributed by atoms with Crippen molar-refractivity contribution in [2.45, 2.75) is 32.4 Å². The van der Waals surface area contributed by atoms with E-state index in [1.165, 1.54) is 29.5 Å². The van der Waals surface area contributed by atoms with Crippen LogP contribution in [0.5, 0.6) is 0 Å². The van der Waals surface area contributed by atoms with Gasteiger partial charge in [-0.3, -0.25) is 4.98 Å². The Kier molecular flexibility index (Phi) is 3.60. The lowest BCUT2D eigenvalue weighted by Gasteiger charge is -2.19. The topological polar surface area (TPSA) is 24.9 Å². The van der Waals surface area contributed by atoms with Gasteiger partial charge in [-0.15, -0.1) is 0 Å². The van der Waals surface area contributed by atoms with E-state index in [0.29, 0.717) is 6.04 Å². The molecular weight excluding hydrogens is 232 g/mol. The van der Waals surface area contributed by atoms with Crippen LogP contribution in [-0.2, 0) is 6.54 Å². The van der Waals surface area contributed by atoms with Gasteiger partial charge in [-0.2, -0.15) is 0 Å². The fraction of sp³-hybridized carbons (Fsp3) is 0.353. The molecule has 2 heteroatoms. The second-order valence-corrected chi connectivity index (χ2v) is 5.47. The van der Waals surface area contributed by atoms with Gasteiger partial charge in [-0.25, -0.2) is 0 Å². The van der Waals surface area contributed by atoms with E-state index in [9.17, 15) is 0 Å². The lowest BCUT2D eigenvalue weighted by Crippen LogP contribution is -2.22. The molecule has 2 nitrogen and oxygen atoms in total. The van der Waals surface area contributed by atoms with Gasteiger partial charge in [0.15, 0.2) is 0 Å². The zero-order valence-electron chi connectivity index (χ0n) is 11.3. The fourth-order valence-corrected chi connectivity index (χ4v) is 2.49. The first-order valence-corrected chi connectivity index (χ1v) is 7.02. The summed E-state index contributed by atoms with van der Waals surface area (Å²) >= 11 is 0. The summed E-state index contributed by atoms with van der Waals surface area (Å²) in [4.78, 5) is 4.17. The van der Waals surface area contributed by atoms with Crippen molar-refractivity contribution in [3.05, 3.63) is 65.5 Å². The van der Waals surface area contributed by atoms with Gasteiger partial charge in [0.2, 0.25) is 0 Å². The smallest absolute Gasteiger partial charge is 0.0351 e. The van der Waals surface area contributed by atoms with Gasteiger partial charge in [0.05, 0.1) is 0 Å². The number of rotatable bonds is 5. The number of aryl methyl sites for hydroxylation is 1. The predicted molar refractivity (Wildman–Crippen MR) is 77.7 cm³/mol. The van der Waals surface area contributed by atoms with Crippen LogP contribution in [0.4, 0.5) is 0 Å². The molecule has 2 aromatic rings. The van der Waals surface area contributed by atoms with Gasteiger partial charge in [-0.05, 0) is 42.9 Å². The summed E-state index contributed by atoms with van der Waals surface area (Å²) in [6.07, 6.45) is 6.45. The van der Waals surface area contributed by atoms with E-state index in [1.807, 2.05) is 18.5 Å². The van der Waals surface area contributed by atoms with Gasteiger partial charge in [0.25, 0.3) is 0 Å². The van der Waals surface area contributed by atoms with Crippen molar-refractivity contribution in [3.8, 4) is 0 Å². The summed E-state index contributed by atoms with van der Waals surface area (Å²) in [6.45, 7) is 3.03. The minimum Gasteiger partial charge on any atom is -0.306 e. The summed E-state index contributed by atoms with van der Waals surface area (Å²) in [5.74, 6) is 0.805. The maximum absolute atomic E-state index is 4.17. The SMILES string of the molecule is Cc1ccc(C(NCc2cccnc2)C2CC2)cc1. The molecule has 1 aliphatic carbocycles. The number of nitrogens with zero attached hydrogens (tertiary/aromatic N) is 1. The monoisotopic (exact) mass is 252 g/mol. The summed E-state index contributed by atoms with van der Waals surface area (Å²) < 4.78 is 0. The Labute approximate surface area is 114 Å². The Morgan fingerprint density at radius 2 is 2.00 bits per heavy atom. The van der Waals surface area contributed by atoms with Gasteiger partial charge in [0, 0.05) is 25.0 Å². The zero-order valence-corrected chi connectivity index (χ0v) is 11.3. The van der Waals surface area contributed by atoms with Crippen molar-refractivity contribution in [2.24, 2.45) is 5.92 Å². The predicted octanol–water partition coefficient (Wildman–Crippen LogP) is 3.63. The van der Waals surface area contributed by atoms with Crippen LogP contribution in [0, 0.1) is 12.8 Å². The van der Waals surface area contributed by atoms with Crippen molar-refractivity contribution >= 4 is 0 Å². The Hall–Kier alpha value is -1.67. The quantitative estimate of drug-likeness (QED) is 0.879. The molecule has 0 bridgehead atoms. The third-order valence-electron chi connectivity index (χ3n) is 3.78. The van der Waals surface area contributed by atoms with Crippen molar-refractivity contribution in [3.63, 3.8) is 0 Å². The largest absolute Gasteiger partial charge is 0.306 e. The highest BCUT2D eigenvalue weighted by molar-refractivity contribution is 5.25. The van der Waals surface area contributed by atoms with Gasteiger partial charge in [-0.1, -0.05) is 35.9 Å². The van der Waals surface area contributed by atoms with Crippen LogP contribution in [-0.4, -0.2) is 4.98 Å². The molecule has 0 saturated heterocycles. The second kappa shape index (κ2) is 5.54. The van der Waals surface area contributed by atoms with Crippen molar-refractivity contribution in [1.82, 2.24) is 10.3 Å². The van der Waals surface area contributed by atoms with E-state index >= 15 is 0 Å². The molecule has 1 aliphatic rings.